The first-order valence-electron chi connectivity index (χ1n) is 7.64. The number of furan rings is 1. The fourth-order valence-corrected chi connectivity index (χ4v) is 3.23. The van der Waals surface area contributed by atoms with Crippen molar-refractivity contribution in [3.63, 3.8) is 0 Å². The molecule has 2 aromatic heterocycles. The van der Waals surface area contributed by atoms with Gasteiger partial charge in [-0.05, 0) is 29.8 Å². The van der Waals surface area contributed by atoms with Gasteiger partial charge in [-0.1, -0.05) is 18.2 Å². The van der Waals surface area contributed by atoms with Gasteiger partial charge in [0.05, 0.1) is 31.2 Å². The number of hydrogen-bond donors (Lipinski definition) is 2. The van der Waals surface area contributed by atoms with Gasteiger partial charge in [-0.2, -0.15) is 0 Å². The summed E-state index contributed by atoms with van der Waals surface area (Å²) in [5.41, 5.74) is 9.79. The standard InChI is InChI=1S/C19H16N2O3/c20-19(23)15-2-1-3-16-18(15)14-5-4-12(10-22)8-17(14)21(16)9-13-6-7-24-11-13/h1-8,11,22H,9-10H2,(H2,20,23). The lowest BCUT2D eigenvalue weighted by Gasteiger charge is -2.06. The van der Waals surface area contributed by atoms with Gasteiger partial charge in [-0.25, -0.2) is 0 Å². The summed E-state index contributed by atoms with van der Waals surface area (Å²) < 4.78 is 7.28. The summed E-state index contributed by atoms with van der Waals surface area (Å²) in [7, 11) is 0. The van der Waals surface area contributed by atoms with Crippen LogP contribution in [0.3, 0.4) is 0 Å². The van der Waals surface area contributed by atoms with E-state index in [1.807, 2.05) is 36.4 Å². The second kappa shape index (κ2) is 5.54. The van der Waals surface area contributed by atoms with Gasteiger partial charge in [0.25, 0.3) is 0 Å². The summed E-state index contributed by atoms with van der Waals surface area (Å²) in [6.45, 7) is 0.569. The zero-order chi connectivity index (χ0) is 16.7. The number of rotatable bonds is 4. The summed E-state index contributed by atoms with van der Waals surface area (Å²) in [5.74, 6) is -0.450. The lowest BCUT2D eigenvalue weighted by Crippen LogP contribution is -2.11. The largest absolute Gasteiger partial charge is 0.472 e. The van der Waals surface area contributed by atoms with Gasteiger partial charge < -0.3 is 19.8 Å². The third-order valence-corrected chi connectivity index (χ3v) is 4.32. The zero-order valence-corrected chi connectivity index (χ0v) is 12.9. The third-order valence-electron chi connectivity index (χ3n) is 4.32. The van der Waals surface area contributed by atoms with Crippen LogP contribution in [-0.4, -0.2) is 15.6 Å². The molecule has 24 heavy (non-hydrogen) atoms. The summed E-state index contributed by atoms with van der Waals surface area (Å²) in [6, 6.07) is 13.2. The van der Waals surface area contributed by atoms with Crippen molar-refractivity contribution in [2.45, 2.75) is 13.2 Å². The number of carbonyl (C=O) groups excluding carboxylic acids is 1. The molecular weight excluding hydrogens is 304 g/mol. The Kier molecular flexibility index (Phi) is 3.36. The second-order valence-electron chi connectivity index (χ2n) is 5.79. The van der Waals surface area contributed by atoms with Crippen LogP contribution in [0.1, 0.15) is 21.5 Å². The Balaban J connectivity index is 2.09. The van der Waals surface area contributed by atoms with Gasteiger partial charge in [0.1, 0.15) is 0 Å². The van der Waals surface area contributed by atoms with Gasteiger partial charge in [0.15, 0.2) is 0 Å². The van der Waals surface area contributed by atoms with E-state index in [0.29, 0.717) is 12.1 Å². The minimum Gasteiger partial charge on any atom is -0.472 e. The Morgan fingerprint density at radius 2 is 2.00 bits per heavy atom. The first-order chi connectivity index (χ1) is 11.7. The van der Waals surface area contributed by atoms with Gasteiger partial charge in [0, 0.05) is 27.4 Å². The third kappa shape index (κ3) is 2.18. The quantitative estimate of drug-likeness (QED) is 0.606. The van der Waals surface area contributed by atoms with Crippen LogP contribution in [-0.2, 0) is 13.2 Å². The molecule has 0 radical (unpaired) electrons. The van der Waals surface area contributed by atoms with Gasteiger partial charge in [-0.15, -0.1) is 0 Å². The van der Waals surface area contributed by atoms with E-state index in [4.69, 9.17) is 10.2 Å². The van der Waals surface area contributed by atoms with Crippen LogP contribution in [0.25, 0.3) is 21.8 Å². The maximum Gasteiger partial charge on any atom is 0.249 e. The number of benzene rings is 2. The Morgan fingerprint density at radius 1 is 1.12 bits per heavy atom. The molecule has 120 valence electrons. The highest BCUT2D eigenvalue weighted by atomic mass is 16.3. The number of amides is 1. The maximum atomic E-state index is 11.9. The molecule has 4 aromatic rings. The molecule has 0 aliphatic carbocycles. The molecule has 0 saturated carbocycles. The molecule has 3 N–H and O–H groups in total. The second-order valence-corrected chi connectivity index (χ2v) is 5.79. The van der Waals surface area contributed by atoms with E-state index < -0.39 is 5.91 Å². The van der Waals surface area contributed by atoms with Gasteiger partial charge in [-0.3, -0.25) is 4.79 Å². The van der Waals surface area contributed by atoms with Crippen molar-refractivity contribution in [2.75, 3.05) is 0 Å². The Labute approximate surface area is 137 Å². The smallest absolute Gasteiger partial charge is 0.249 e. The van der Waals surface area contributed by atoms with Crippen molar-refractivity contribution >= 4 is 27.7 Å². The van der Waals surface area contributed by atoms with Crippen molar-refractivity contribution in [2.24, 2.45) is 5.73 Å². The summed E-state index contributed by atoms with van der Waals surface area (Å²) >= 11 is 0. The summed E-state index contributed by atoms with van der Waals surface area (Å²) in [5, 5.41) is 11.2. The summed E-state index contributed by atoms with van der Waals surface area (Å²) in [4.78, 5) is 11.9. The number of carbonyl (C=O) groups is 1. The fourth-order valence-electron chi connectivity index (χ4n) is 3.23. The molecule has 0 saturated heterocycles. The Morgan fingerprint density at radius 3 is 2.71 bits per heavy atom. The highest BCUT2D eigenvalue weighted by molar-refractivity contribution is 6.17. The number of nitrogens with two attached hydrogens (primary N) is 1. The molecule has 0 aliphatic rings. The highest BCUT2D eigenvalue weighted by Crippen LogP contribution is 2.33. The van der Waals surface area contributed by atoms with Gasteiger partial charge in [0.2, 0.25) is 5.91 Å². The highest BCUT2D eigenvalue weighted by Gasteiger charge is 2.17. The lowest BCUT2D eigenvalue weighted by atomic mass is 10.0. The van der Waals surface area contributed by atoms with E-state index in [1.54, 1.807) is 18.6 Å². The van der Waals surface area contributed by atoms with Crippen molar-refractivity contribution in [3.8, 4) is 0 Å². The number of hydrogen-bond acceptors (Lipinski definition) is 3. The normalized spacial score (nSPS) is 11.4. The van der Waals surface area contributed by atoms with Crippen molar-refractivity contribution in [1.82, 2.24) is 4.57 Å². The number of nitrogens with zero attached hydrogens (tertiary/aromatic N) is 1. The number of aliphatic hydroxyl groups excluding tert-OH is 1. The number of primary amides is 1. The van der Waals surface area contributed by atoms with Crippen LogP contribution in [0, 0.1) is 0 Å². The van der Waals surface area contributed by atoms with Crippen molar-refractivity contribution in [1.29, 1.82) is 0 Å². The SMILES string of the molecule is NC(=O)c1cccc2c1c1ccc(CO)cc1n2Cc1ccoc1. The molecule has 0 bridgehead atoms. The molecule has 0 aliphatic heterocycles. The predicted octanol–water partition coefficient (Wildman–Crippen LogP) is 3.03. The maximum absolute atomic E-state index is 11.9. The van der Waals surface area contributed by atoms with Crippen LogP contribution in [0.4, 0.5) is 0 Å². The average molecular weight is 320 g/mol. The molecule has 0 atom stereocenters. The predicted molar refractivity (Wildman–Crippen MR) is 91.7 cm³/mol. The van der Waals surface area contributed by atoms with Crippen LogP contribution in [0.2, 0.25) is 0 Å². The van der Waals surface area contributed by atoms with Crippen LogP contribution in [0.15, 0.2) is 59.4 Å². The molecule has 0 spiro atoms. The average Bonchev–Trinajstić information content (AvgIpc) is 3.21. The first-order valence-corrected chi connectivity index (χ1v) is 7.64. The minimum absolute atomic E-state index is 0.0359. The van der Waals surface area contributed by atoms with E-state index >= 15 is 0 Å². The Hall–Kier alpha value is -3.05. The molecule has 1 amide bonds. The lowest BCUT2D eigenvalue weighted by molar-refractivity contribution is 0.100. The molecule has 0 unspecified atom stereocenters. The molecule has 2 aromatic carbocycles. The number of aliphatic hydroxyl groups is 1. The number of fused-ring (bicyclic) bond motifs is 3. The van der Waals surface area contributed by atoms with Crippen molar-refractivity contribution < 1.29 is 14.3 Å². The topological polar surface area (TPSA) is 81.4 Å². The molecule has 0 fully saturated rings. The fraction of sp³-hybridized carbons (Fsp3) is 0.105. The molecule has 2 heterocycles. The monoisotopic (exact) mass is 320 g/mol. The minimum atomic E-state index is -0.450. The van der Waals surface area contributed by atoms with Crippen LogP contribution in [0.5, 0.6) is 0 Å². The summed E-state index contributed by atoms with van der Waals surface area (Å²) in [6.07, 6.45) is 3.34. The molecule has 5 nitrogen and oxygen atoms in total. The van der Waals surface area contributed by atoms with Crippen molar-refractivity contribution in [3.05, 3.63) is 71.7 Å². The van der Waals surface area contributed by atoms with Crippen LogP contribution >= 0.6 is 0 Å². The van der Waals surface area contributed by atoms with E-state index in [0.717, 1.165) is 32.9 Å². The van der Waals surface area contributed by atoms with Gasteiger partial charge >= 0.3 is 0 Å². The van der Waals surface area contributed by atoms with E-state index in [-0.39, 0.29) is 6.61 Å². The molecular formula is C19H16N2O3. The van der Waals surface area contributed by atoms with E-state index in [1.165, 1.54) is 0 Å². The van der Waals surface area contributed by atoms with Crippen LogP contribution < -0.4 is 5.73 Å². The number of aromatic nitrogens is 1. The zero-order valence-electron chi connectivity index (χ0n) is 12.9. The molecule has 5 heteroatoms. The molecule has 4 rings (SSSR count). The van der Waals surface area contributed by atoms with E-state index in [2.05, 4.69) is 4.57 Å². The first kappa shape index (κ1) is 14.5. The Bertz CT molecular complexity index is 1050. The van der Waals surface area contributed by atoms with E-state index in [9.17, 15) is 9.90 Å².